The van der Waals surface area contributed by atoms with Crippen molar-refractivity contribution in [2.75, 3.05) is 0 Å². The third-order valence-corrected chi connectivity index (χ3v) is 1.90. The molecule has 0 saturated heterocycles. The van der Waals surface area contributed by atoms with Gasteiger partial charge in [0.2, 0.25) is 5.82 Å². The number of nitrogens with one attached hydrogen (secondary N) is 1. The first-order valence-corrected chi connectivity index (χ1v) is 4.09. The van der Waals surface area contributed by atoms with Crippen LogP contribution in [-0.4, -0.2) is 20.6 Å². The van der Waals surface area contributed by atoms with E-state index in [0.717, 1.165) is 0 Å². The minimum Gasteiger partial charge on any atom is -0.444 e. The Hall–Kier alpha value is -2.11. The first-order chi connectivity index (χ1) is 6.93. The molecule has 6 nitrogen and oxygen atoms in total. The molecule has 1 aromatic carbocycles. The highest BCUT2D eigenvalue weighted by Crippen LogP contribution is 2.38. The van der Waals surface area contributed by atoms with Crippen molar-refractivity contribution in [2.24, 2.45) is 0 Å². The number of benzene rings is 1. The molecule has 6 heteroatoms. The van der Waals surface area contributed by atoms with E-state index in [4.69, 9.17) is 9.47 Å². The number of tetrazole rings is 1. The molecule has 0 radical (unpaired) electrons. The van der Waals surface area contributed by atoms with Crippen molar-refractivity contribution in [1.29, 1.82) is 0 Å². The van der Waals surface area contributed by atoms with Gasteiger partial charge in [0.05, 0.1) is 0 Å². The Morgan fingerprint density at radius 2 is 1.86 bits per heavy atom. The molecule has 0 spiro atoms. The molecule has 14 heavy (non-hydrogen) atoms. The smallest absolute Gasteiger partial charge is 0.303 e. The summed E-state index contributed by atoms with van der Waals surface area (Å²) >= 11 is 0. The van der Waals surface area contributed by atoms with Crippen LogP contribution in [0.1, 0.15) is 12.1 Å². The highest BCUT2D eigenvalue weighted by atomic mass is 16.7. The summed E-state index contributed by atoms with van der Waals surface area (Å²) in [4.78, 5) is 0. The molecule has 70 valence electrons. The van der Waals surface area contributed by atoms with Crippen LogP contribution in [0.15, 0.2) is 24.3 Å². The summed E-state index contributed by atoms with van der Waals surface area (Å²) in [6.07, 6.45) is -0.567. The lowest BCUT2D eigenvalue weighted by atomic mass is 10.3. The third kappa shape index (κ3) is 1.00. The van der Waals surface area contributed by atoms with Crippen LogP contribution < -0.4 is 9.47 Å². The van der Waals surface area contributed by atoms with Crippen LogP contribution in [0, 0.1) is 0 Å². The SMILES string of the molecule is c1ccc2c(c1)OC(c1nnn[nH]1)O2. The number of ether oxygens (including phenoxy) is 2. The largest absolute Gasteiger partial charge is 0.444 e. The van der Waals surface area contributed by atoms with Crippen LogP contribution >= 0.6 is 0 Å². The first-order valence-electron chi connectivity index (χ1n) is 4.09. The number of hydrogen-bond acceptors (Lipinski definition) is 5. The van der Waals surface area contributed by atoms with Gasteiger partial charge in [-0.25, -0.2) is 5.10 Å². The maximum atomic E-state index is 5.46. The number of nitrogens with zero attached hydrogens (tertiary/aromatic N) is 3. The number of rotatable bonds is 1. The van der Waals surface area contributed by atoms with Gasteiger partial charge in [0, 0.05) is 0 Å². The van der Waals surface area contributed by atoms with Crippen LogP contribution in [0.2, 0.25) is 0 Å². The van der Waals surface area contributed by atoms with E-state index >= 15 is 0 Å². The Balaban J connectivity index is 1.92. The van der Waals surface area contributed by atoms with E-state index in [-0.39, 0.29) is 0 Å². The standard InChI is InChI=1S/C8H6N4O2/c1-2-4-6-5(3-1)13-8(14-6)7-9-11-12-10-7/h1-4,8H,(H,9,10,11,12). The van der Waals surface area contributed by atoms with Crippen LogP contribution in [-0.2, 0) is 0 Å². The van der Waals surface area contributed by atoms with Gasteiger partial charge < -0.3 is 9.47 Å². The van der Waals surface area contributed by atoms with Crippen LogP contribution in [0.3, 0.4) is 0 Å². The maximum absolute atomic E-state index is 5.46. The van der Waals surface area contributed by atoms with Gasteiger partial charge in [0.15, 0.2) is 11.5 Å². The lowest BCUT2D eigenvalue weighted by Crippen LogP contribution is -2.09. The molecule has 1 aliphatic rings. The van der Waals surface area contributed by atoms with Gasteiger partial charge >= 0.3 is 6.29 Å². The Labute approximate surface area is 78.8 Å². The zero-order valence-electron chi connectivity index (χ0n) is 7.04. The van der Waals surface area contributed by atoms with Gasteiger partial charge in [0.25, 0.3) is 0 Å². The lowest BCUT2D eigenvalue weighted by molar-refractivity contribution is 0.0405. The monoisotopic (exact) mass is 190 g/mol. The third-order valence-electron chi connectivity index (χ3n) is 1.90. The molecule has 0 bridgehead atoms. The summed E-state index contributed by atoms with van der Waals surface area (Å²) in [6, 6.07) is 7.42. The van der Waals surface area contributed by atoms with Gasteiger partial charge in [-0.2, -0.15) is 0 Å². The molecule has 0 atom stereocenters. The van der Waals surface area contributed by atoms with Gasteiger partial charge in [-0.05, 0) is 22.6 Å². The topological polar surface area (TPSA) is 72.9 Å². The van der Waals surface area contributed by atoms with Crippen LogP contribution in [0.5, 0.6) is 11.5 Å². The van der Waals surface area contributed by atoms with Crippen molar-refractivity contribution in [3.63, 3.8) is 0 Å². The van der Waals surface area contributed by atoms with E-state index in [1.165, 1.54) is 0 Å². The first kappa shape index (κ1) is 7.31. The Morgan fingerprint density at radius 1 is 1.14 bits per heavy atom. The summed E-state index contributed by atoms with van der Waals surface area (Å²) in [7, 11) is 0. The minimum absolute atomic E-state index is 0.459. The molecule has 0 unspecified atom stereocenters. The number of H-pyrrole nitrogens is 1. The second-order valence-corrected chi connectivity index (χ2v) is 2.80. The highest BCUT2D eigenvalue weighted by molar-refractivity contribution is 5.42. The van der Waals surface area contributed by atoms with Crippen molar-refractivity contribution in [2.45, 2.75) is 6.29 Å². The number of hydrogen-bond donors (Lipinski definition) is 1. The molecule has 3 rings (SSSR count). The number of fused-ring (bicyclic) bond motifs is 1. The molecule has 1 aliphatic heterocycles. The molecular formula is C8H6N4O2. The zero-order chi connectivity index (χ0) is 9.38. The van der Waals surface area contributed by atoms with E-state index in [1.54, 1.807) is 0 Å². The Kier molecular flexibility index (Phi) is 1.41. The van der Waals surface area contributed by atoms with Crippen LogP contribution in [0.4, 0.5) is 0 Å². The van der Waals surface area contributed by atoms with Crippen LogP contribution in [0.25, 0.3) is 0 Å². The van der Waals surface area contributed by atoms with E-state index in [0.29, 0.717) is 17.3 Å². The molecule has 0 aliphatic carbocycles. The predicted molar refractivity (Wildman–Crippen MR) is 44.6 cm³/mol. The second-order valence-electron chi connectivity index (χ2n) is 2.80. The van der Waals surface area contributed by atoms with Gasteiger partial charge in [0.1, 0.15) is 0 Å². The number of aromatic nitrogens is 4. The molecular weight excluding hydrogens is 184 g/mol. The van der Waals surface area contributed by atoms with E-state index in [9.17, 15) is 0 Å². The molecule has 2 aromatic rings. The van der Waals surface area contributed by atoms with Crippen molar-refractivity contribution >= 4 is 0 Å². The maximum Gasteiger partial charge on any atom is 0.303 e. The van der Waals surface area contributed by atoms with Crippen molar-refractivity contribution in [3.8, 4) is 11.5 Å². The molecule has 0 fully saturated rings. The fourth-order valence-electron chi connectivity index (χ4n) is 1.28. The predicted octanol–water partition coefficient (Wildman–Crippen LogP) is 0.670. The minimum atomic E-state index is -0.567. The fourth-order valence-corrected chi connectivity index (χ4v) is 1.28. The Bertz CT molecular complexity index is 417. The molecule has 1 aromatic heterocycles. The zero-order valence-corrected chi connectivity index (χ0v) is 7.04. The van der Waals surface area contributed by atoms with E-state index in [2.05, 4.69) is 20.6 Å². The van der Waals surface area contributed by atoms with E-state index < -0.39 is 6.29 Å². The number of aromatic amines is 1. The lowest BCUT2D eigenvalue weighted by Gasteiger charge is -2.03. The number of para-hydroxylation sites is 2. The fraction of sp³-hybridized carbons (Fsp3) is 0.125. The molecule has 0 saturated carbocycles. The molecule has 1 N–H and O–H groups in total. The summed E-state index contributed by atoms with van der Waals surface area (Å²) in [6.45, 7) is 0. The highest BCUT2D eigenvalue weighted by Gasteiger charge is 2.27. The second kappa shape index (κ2) is 2.69. The van der Waals surface area contributed by atoms with Crippen molar-refractivity contribution < 1.29 is 9.47 Å². The van der Waals surface area contributed by atoms with Gasteiger partial charge in [-0.3, -0.25) is 0 Å². The average Bonchev–Trinajstić information content (AvgIpc) is 2.86. The van der Waals surface area contributed by atoms with Crippen molar-refractivity contribution in [3.05, 3.63) is 30.1 Å². The summed E-state index contributed by atoms with van der Waals surface area (Å²) in [5.74, 6) is 1.86. The summed E-state index contributed by atoms with van der Waals surface area (Å²) in [5, 5.41) is 13.2. The van der Waals surface area contributed by atoms with Gasteiger partial charge in [-0.15, -0.1) is 5.10 Å². The molecule has 2 heterocycles. The van der Waals surface area contributed by atoms with E-state index in [1.807, 2.05) is 24.3 Å². The van der Waals surface area contributed by atoms with Gasteiger partial charge in [-0.1, -0.05) is 12.1 Å². The summed E-state index contributed by atoms with van der Waals surface area (Å²) < 4.78 is 10.9. The van der Waals surface area contributed by atoms with Crippen molar-refractivity contribution in [1.82, 2.24) is 20.6 Å². The quantitative estimate of drug-likeness (QED) is 0.715. The normalized spacial score (nSPS) is 14.6. The molecule has 0 amide bonds. The Morgan fingerprint density at radius 3 is 2.43 bits per heavy atom. The summed E-state index contributed by atoms with van der Waals surface area (Å²) in [5.41, 5.74) is 0. The average molecular weight is 190 g/mol.